The number of halogens is 1. The SMILES string of the molecule is CNC(=O)[C@H](Cc1ccccc1)Nc1nc2ccc(OC/C(=C\F)CNC(=O)OC(C)(C)C)cc2o1. The lowest BCUT2D eigenvalue weighted by molar-refractivity contribution is -0.121. The smallest absolute Gasteiger partial charge is 0.407 e. The third-order valence-electron chi connectivity index (χ3n) is 4.94. The van der Waals surface area contributed by atoms with Crippen LogP contribution in [0.5, 0.6) is 5.75 Å². The van der Waals surface area contributed by atoms with E-state index < -0.39 is 17.7 Å². The number of hydrogen-bond donors (Lipinski definition) is 3. The fraction of sp³-hybridized carbons (Fsp3) is 0.346. The van der Waals surface area contributed by atoms with E-state index in [0.717, 1.165) is 5.56 Å². The van der Waals surface area contributed by atoms with Crippen LogP contribution in [-0.4, -0.2) is 48.8 Å². The van der Waals surface area contributed by atoms with E-state index in [4.69, 9.17) is 13.9 Å². The van der Waals surface area contributed by atoms with Crippen molar-refractivity contribution in [2.24, 2.45) is 0 Å². The number of oxazole rings is 1. The summed E-state index contributed by atoms with van der Waals surface area (Å²) in [5.74, 6) is 0.226. The van der Waals surface area contributed by atoms with Gasteiger partial charge in [0.1, 0.15) is 29.5 Å². The van der Waals surface area contributed by atoms with Crippen molar-refractivity contribution >= 4 is 29.1 Å². The second-order valence-electron chi connectivity index (χ2n) is 9.06. The molecule has 0 spiro atoms. The number of carbonyl (C=O) groups is 2. The fourth-order valence-electron chi connectivity index (χ4n) is 3.24. The van der Waals surface area contributed by atoms with Crippen LogP contribution in [0.1, 0.15) is 26.3 Å². The lowest BCUT2D eigenvalue weighted by Crippen LogP contribution is -2.39. The molecule has 0 unspecified atom stereocenters. The molecule has 2 aromatic carbocycles. The average molecular weight is 499 g/mol. The summed E-state index contributed by atoms with van der Waals surface area (Å²) in [6.45, 7) is 5.07. The van der Waals surface area contributed by atoms with E-state index in [2.05, 4.69) is 20.9 Å². The van der Waals surface area contributed by atoms with E-state index in [0.29, 0.717) is 29.6 Å². The topological polar surface area (TPSA) is 115 Å². The Kier molecular flexibility index (Phi) is 8.88. The van der Waals surface area contributed by atoms with Gasteiger partial charge in [0.15, 0.2) is 5.58 Å². The predicted octanol–water partition coefficient (Wildman–Crippen LogP) is 4.35. The molecule has 1 aromatic heterocycles. The van der Waals surface area contributed by atoms with Crippen LogP contribution >= 0.6 is 0 Å². The molecule has 0 radical (unpaired) electrons. The number of nitrogens with zero attached hydrogens (tertiary/aromatic N) is 1. The first-order valence-corrected chi connectivity index (χ1v) is 11.5. The summed E-state index contributed by atoms with van der Waals surface area (Å²) in [6, 6.07) is 14.2. The van der Waals surface area contributed by atoms with E-state index in [1.54, 1.807) is 46.0 Å². The van der Waals surface area contributed by atoms with Crippen LogP contribution in [0.4, 0.5) is 15.2 Å². The number of anilines is 1. The highest BCUT2D eigenvalue weighted by Gasteiger charge is 2.20. The molecular formula is C26H31FN4O5. The Balaban J connectivity index is 1.61. The zero-order valence-corrected chi connectivity index (χ0v) is 20.8. The molecule has 0 fully saturated rings. The molecule has 3 aromatic rings. The molecule has 1 heterocycles. The normalized spacial score (nSPS) is 12.6. The summed E-state index contributed by atoms with van der Waals surface area (Å²) in [5.41, 5.74) is 1.55. The standard InChI is InChI=1S/C26H31FN4O5/c1-26(2,3)36-25(33)29-15-18(14-27)16-34-19-10-11-20-22(13-19)35-24(30-20)31-21(23(32)28-4)12-17-8-6-5-7-9-17/h5-11,13-14,21H,12,15-16H2,1-4H3,(H,28,32)(H,29,33)(H,30,31)/b18-14-/t21-/m0/s1. The average Bonchev–Trinajstić information content (AvgIpc) is 3.24. The number of ether oxygens (including phenoxy) is 2. The van der Waals surface area contributed by atoms with Crippen molar-refractivity contribution in [2.45, 2.75) is 38.8 Å². The van der Waals surface area contributed by atoms with Crippen molar-refractivity contribution in [1.29, 1.82) is 0 Å². The molecule has 0 aliphatic heterocycles. The Hall–Kier alpha value is -4.08. The molecule has 0 aliphatic rings. The highest BCUT2D eigenvalue weighted by molar-refractivity contribution is 5.85. The summed E-state index contributed by atoms with van der Waals surface area (Å²) in [6.07, 6.45) is 0.189. The van der Waals surface area contributed by atoms with E-state index in [-0.39, 0.29) is 30.6 Å². The van der Waals surface area contributed by atoms with Crippen molar-refractivity contribution in [3.05, 3.63) is 66.0 Å². The quantitative estimate of drug-likeness (QED) is 0.381. The zero-order chi connectivity index (χ0) is 26.1. The molecule has 0 saturated carbocycles. The number of benzene rings is 2. The van der Waals surface area contributed by atoms with Crippen LogP contribution in [0, 0.1) is 0 Å². The summed E-state index contributed by atoms with van der Waals surface area (Å²) in [7, 11) is 1.57. The third kappa shape index (κ3) is 8.00. The molecule has 0 aliphatic carbocycles. The number of aromatic nitrogens is 1. The number of nitrogens with one attached hydrogen (secondary N) is 3. The number of carbonyl (C=O) groups excluding carboxylic acids is 2. The number of amides is 2. The van der Waals surface area contributed by atoms with Crippen molar-refractivity contribution in [3.8, 4) is 5.75 Å². The van der Waals surface area contributed by atoms with Crippen LogP contribution in [0.15, 0.2) is 64.9 Å². The molecular weight excluding hydrogens is 467 g/mol. The Morgan fingerprint density at radius 3 is 2.58 bits per heavy atom. The monoisotopic (exact) mass is 498 g/mol. The van der Waals surface area contributed by atoms with Gasteiger partial charge in [0.2, 0.25) is 5.91 Å². The Labute approximate surface area is 209 Å². The van der Waals surface area contributed by atoms with Crippen molar-refractivity contribution in [2.75, 3.05) is 25.5 Å². The summed E-state index contributed by atoms with van der Waals surface area (Å²) in [4.78, 5) is 28.6. The van der Waals surface area contributed by atoms with Crippen LogP contribution < -0.4 is 20.7 Å². The molecule has 2 amide bonds. The van der Waals surface area contributed by atoms with Crippen LogP contribution in [0.3, 0.4) is 0 Å². The summed E-state index contributed by atoms with van der Waals surface area (Å²) < 4.78 is 29.8. The lowest BCUT2D eigenvalue weighted by atomic mass is 10.1. The van der Waals surface area contributed by atoms with Crippen LogP contribution in [0.25, 0.3) is 11.1 Å². The molecule has 3 N–H and O–H groups in total. The Morgan fingerprint density at radius 1 is 1.17 bits per heavy atom. The second kappa shape index (κ2) is 12.1. The van der Waals surface area contributed by atoms with E-state index >= 15 is 0 Å². The first kappa shape index (κ1) is 26.5. The maximum Gasteiger partial charge on any atom is 0.407 e. The van der Waals surface area contributed by atoms with E-state index in [1.165, 1.54) is 0 Å². The number of hydrogen-bond acceptors (Lipinski definition) is 7. The third-order valence-corrected chi connectivity index (χ3v) is 4.94. The molecule has 192 valence electrons. The van der Waals surface area contributed by atoms with Crippen LogP contribution in [0.2, 0.25) is 0 Å². The van der Waals surface area contributed by atoms with Gasteiger partial charge < -0.3 is 29.8 Å². The van der Waals surface area contributed by atoms with Gasteiger partial charge in [0.25, 0.3) is 6.01 Å². The van der Waals surface area contributed by atoms with Gasteiger partial charge in [-0.05, 0) is 38.5 Å². The predicted molar refractivity (Wildman–Crippen MR) is 135 cm³/mol. The maximum absolute atomic E-state index is 13.3. The zero-order valence-electron chi connectivity index (χ0n) is 20.8. The van der Waals surface area contributed by atoms with E-state index in [9.17, 15) is 14.0 Å². The molecule has 0 bridgehead atoms. The fourth-order valence-corrected chi connectivity index (χ4v) is 3.24. The maximum atomic E-state index is 13.3. The van der Waals surface area contributed by atoms with Gasteiger partial charge in [-0.25, -0.2) is 9.18 Å². The van der Waals surface area contributed by atoms with Crippen molar-refractivity contribution in [3.63, 3.8) is 0 Å². The van der Waals surface area contributed by atoms with Gasteiger partial charge in [0, 0.05) is 31.7 Å². The lowest BCUT2D eigenvalue weighted by Gasteiger charge is -2.20. The van der Waals surface area contributed by atoms with Crippen molar-refractivity contribution < 1.29 is 27.9 Å². The molecule has 3 rings (SSSR count). The first-order chi connectivity index (χ1) is 17.2. The van der Waals surface area contributed by atoms with Gasteiger partial charge in [-0.15, -0.1) is 0 Å². The number of likely N-dealkylation sites (N-methyl/N-ethyl adjacent to an activating group) is 1. The molecule has 36 heavy (non-hydrogen) atoms. The number of rotatable bonds is 10. The van der Waals surface area contributed by atoms with Gasteiger partial charge in [-0.2, -0.15) is 4.98 Å². The van der Waals surface area contributed by atoms with E-state index in [1.807, 2.05) is 30.3 Å². The minimum atomic E-state index is -0.651. The largest absolute Gasteiger partial charge is 0.489 e. The molecule has 0 saturated heterocycles. The highest BCUT2D eigenvalue weighted by Crippen LogP contribution is 2.25. The Morgan fingerprint density at radius 2 is 1.92 bits per heavy atom. The molecule has 10 heteroatoms. The minimum absolute atomic E-state index is 0.0632. The first-order valence-electron chi connectivity index (χ1n) is 11.5. The summed E-state index contributed by atoms with van der Waals surface area (Å²) in [5, 5.41) is 8.19. The Bertz CT molecular complexity index is 1200. The minimum Gasteiger partial charge on any atom is -0.489 e. The van der Waals surface area contributed by atoms with Gasteiger partial charge >= 0.3 is 6.09 Å². The highest BCUT2D eigenvalue weighted by atomic mass is 19.1. The second-order valence-corrected chi connectivity index (χ2v) is 9.06. The van der Waals surface area contributed by atoms with Gasteiger partial charge in [-0.3, -0.25) is 4.79 Å². The molecule has 1 atom stereocenters. The summed E-state index contributed by atoms with van der Waals surface area (Å²) >= 11 is 0. The molecule has 9 nitrogen and oxygen atoms in total. The van der Waals surface area contributed by atoms with Crippen LogP contribution in [-0.2, 0) is 16.0 Å². The number of fused-ring (bicyclic) bond motifs is 1. The van der Waals surface area contributed by atoms with Gasteiger partial charge in [-0.1, -0.05) is 30.3 Å². The van der Waals surface area contributed by atoms with Crippen molar-refractivity contribution in [1.82, 2.24) is 15.6 Å². The number of alkyl carbamates (subject to hydrolysis) is 1. The van der Waals surface area contributed by atoms with Gasteiger partial charge in [0.05, 0.1) is 6.33 Å².